The van der Waals surface area contributed by atoms with E-state index < -0.39 is 0 Å². The highest BCUT2D eigenvalue weighted by atomic mass is 16.3. The van der Waals surface area contributed by atoms with Gasteiger partial charge in [0.15, 0.2) is 0 Å². The van der Waals surface area contributed by atoms with Gasteiger partial charge in [0.1, 0.15) is 0 Å². The average molecular weight is 288 g/mol. The van der Waals surface area contributed by atoms with Gasteiger partial charge < -0.3 is 5.11 Å². The van der Waals surface area contributed by atoms with Gasteiger partial charge in [-0.3, -0.25) is 0 Å². The maximum absolute atomic E-state index is 10.4. The van der Waals surface area contributed by atoms with Crippen molar-refractivity contribution in [3.05, 3.63) is 47.1 Å². The molecule has 0 bridgehead atoms. The summed E-state index contributed by atoms with van der Waals surface area (Å²) in [5, 5.41) is 10.4. The molecule has 0 aliphatic heterocycles. The highest BCUT2D eigenvalue weighted by Crippen LogP contribution is 2.26. The van der Waals surface area contributed by atoms with E-state index in [4.69, 9.17) is 0 Å². The van der Waals surface area contributed by atoms with E-state index in [0.29, 0.717) is 5.92 Å². The number of allylic oxidation sites excluding steroid dienone is 6. The summed E-state index contributed by atoms with van der Waals surface area (Å²) in [4.78, 5) is 0. The molecule has 0 saturated carbocycles. The van der Waals surface area contributed by atoms with Crippen LogP contribution in [0.4, 0.5) is 0 Å². The smallest absolute Gasteiger partial charge is 0.0753 e. The molecule has 0 radical (unpaired) electrons. The summed E-state index contributed by atoms with van der Waals surface area (Å²) in [6.45, 7) is 12.7. The standard InChI is InChI=1S/C20H32O/c1-15(2)19-13-12-17(4)9-6-8-16(3)10-7-11-18(5)20(21)14-19/h9-11,19-21H,1,6-8,12-14H2,2-5H3/b16-10+,17-9-,18-11-/t19-,20+/m1/s1. The Morgan fingerprint density at radius 2 is 1.76 bits per heavy atom. The number of aliphatic hydroxyl groups is 1. The van der Waals surface area contributed by atoms with Crippen LogP contribution in [0.3, 0.4) is 0 Å². The van der Waals surface area contributed by atoms with Crippen molar-refractivity contribution in [3.8, 4) is 0 Å². The fourth-order valence-corrected chi connectivity index (χ4v) is 2.76. The summed E-state index contributed by atoms with van der Waals surface area (Å²) in [6.07, 6.45) is 12.7. The van der Waals surface area contributed by atoms with Crippen molar-refractivity contribution in [2.24, 2.45) is 5.92 Å². The van der Waals surface area contributed by atoms with Crippen LogP contribution in [0.2, 0.25) is 0 Å². The fraction of sp³-hybridized carbons (Fsp3) is 0.600. The third kappa shape index (κ3) is 6.95. The third-order valence-corrected chi connectivity index (χ3v) is 4.56. The molecule has 118 valence electrons. The van der Waals surface area contributed by atoms with E-state index in [1.165, 1.54) is 16.7 Å². The number of aliphatic hydroxyl groups excluding tert-OH is 1. The van der Waals surface area contributed by atoms with E-state index in [-0.39, 0.29) is 6.10 Å². The third-order valence-electron chi connectivity index (χ3n) is 4.56. The summed E-state index contributed by atoms with van der Waals surface area (Å²) < 4.78 is 0. The first-order valence-corrected chi connectivity index (χ1v) is 8.21. The number of rotatable bonds is 1. The van der Waals surface area contributed by atoms with Gasteiger partial charge in [-0.1, -0.05) is 41.5 Å². The fourth-order valence-electron chi connectivity index (χ4n) is 2.76. The van der Waals surface area contributed by atoms with Crippen LogP contribution >= 0.6 is 0 Å². The Labute approximate surface area is 131 Å². The lowest BCUT2D eigenvalue weighted by molar-refractivity contribution is 0.180. The lowest BCUT2D eigenvalue weighted by atomic mass is 9.87. The SMILES string of the molecule is C=C(C)[C@@H]1CC/C(C)=C\CC/C(C)=C/C/C=C(/C)[C@@H](O)C1. The van der Waals surface area contributed by atoms with Crippen LogP contribution in [0, 0.1) is 5.92 Å². The van der Waals surface area contributed by atoms with Gasteiger partial charge in [0.25, 0.3) is 0 Å². The van der Waals surface area contributed by atoms with Crippen LogP contribution in [0.25, 0.3) is 0 Å². The zero-order valence-corrected chi connectivity index (χ0v) is 14.3. The Balaban J connectivity index is 2.88. The van der Waals surface area contributed by atoms with Gasteiger partial charge in [0.2, 0.25) is 0 Å². The van der Waals surface area contributed by atoms with E-state index in [1.54, 1.807) is 0 Å². The monoisotopic (exact) mass is 288 g/mol. The molecule has 2 atom stereocenters. The zero-order chi connectivity index (χ0) is 15.8. The van der Waals surface area contributed by atoms with Gasteiger partial charge in [0.05, 0.1) is 6.10 Å². The second-order valence-electron chi connectivity index (χ2n) is 6.66. The molecular formula is C20H32O. The molecule has 1 heteroatoms. The van der Waals surface area contributed by atoms with Gasteiger partial charge in [-0.15, -0.1) is 0 Å². The first kappa shape index (κ1) is 18.0. The molecule has 1 aliphatic carbocycles. The molecule has 0 aromatic heterocycles. The summed E-state index contributed by atoms with van der Waals surface area (Å²) >= 11 is 0. The second-order valence-corrected chi connectivity index (χ2v) is 6.66. The van der Waals surface area contributed by atoms with Crippen molar-refractivity contribution in [3.63, 3.8) is 0 Å². The van der Waals surface area contributed by atoms with Crippen molar-refractivity contribution in [1.29, 1.82) is 0 Å². The molecule has 0 fully saturated rings. The van der Waals surface area contributed by atoms with E-state index >= 15 is 0 Å². The predicted octanol–water partition coefficient (Wildman–Crippen LogP) is 5.73. The highest BCUT2D eigenvalue weighted by molar-refractivity contribution is 5.13. The van der Waals surface area contributed by atoms with Crippen molar-refractivity contribution < 1.29 is 5.11 Å². The van der Waals surface area contributed by atoms with Crippen LogP contribution in [-0.4, -0.2) is 11.2 Å². The van der Waals surface area contributed by atoms with Gasteiger partial charge >= 0.3 is 0 Å². The summed E-state index contributed by atoms with van der Waals surface area (Å²) in [7, 11) is 0. The normalized spacial score (nSPS) is 33.7. The van der Waals surface area contributed by atoms with Crippen molar-refractivity contribution >= 4 is 0 Å². The molecule has 0 heterocycles. The Morgan fingerprint density at radius 1 is 1.10 bits per heavy atom. The minimum atomic E-state index is -0.340. The van der Waals surface area contributed by atoms with Gasteiger partial charge in [0, 0.05) is 0 Å². The Kier molecular flexibility index (Phi) is 7.74. The van der Waals surface area contributed by atoms with Gasteiger partial charge in [-0.2, -0.15) is 0 Å². The van der Waals surface area contributed by atoms with Crippen LogP contribution < -0.4 is 0 Å². The van der Waals surface area contributed by atoms with Gasteiger partial charge in [-0.25, -0.2) is 0 Å². The van der Waals surface area contributed by atoms with Crippen molar-refractivity contribution in [2.75, 3.05) is 0 Å². The van der Waals surface area contributed by atoms with Crippen LogP contribution in [0.1, 0.15) is 66.2 Å². The minimum Gasteiger partial charge on any atom is -0.389 e. The number of hydrogen-bond acceptors (Lipinski definition) is 1. The van der Waals surface area contributed by atoms with Crippen molar-refractivity contribution in [2.45, 2.75) is 72.3 Å². The molecule has 0 aromatic rings. The summed E-state index contributed by atoms with van der Waals surface area (Å²) in [5.41, 5.74) is 5.19. The van der Waals surface area contributed by atoms with Crippen LogP contribution in [0.15, 0.2) is 47.1 Å². The molecule has 21 heavy (non-hydrogen) atoms. The Bertz CT molecular complexity index is 437. The molecule has 1 nitrogen and oxygen atoms in total. The van der Waals surface area contributed by atoms with E-state index in [0.717, 1.165) is 44.1 Å². The molecule has 0 amide bonds. The molecule has 1 N–H and O–H groups in total. The van der Waals surface area contributed by atoms with Gasteiger partial charge in [-0.05, 0) is 77.7 Å². The number of hydrogen-bond donors (Lipinski definition) is 1. The molecule has 0 spiro atoms. The highest BCUT2D eigenvalue weighted by Gasteiger charge is 2.16. The lowest BCUT2D eigenvalue weighted by Crippen LogP contribution is -2.16. The minimum absolute atomic E-state index is 0.340. The van der Waals surface area contributed by atoms with Crippen LogP contribution in [-0.2, 0) is 0 Å². The predicted molar refractivity (Wildman–Crippen MR) is 93.3 cm³/mol. The Hall–Kier alpha value is -1.08. The van der Waals surface area contributed by atoms with Crippen LogP contribution in [0.5, 0.6) is 0 Å². The first-order chi connectivity index (χ1) is 9.90. The Morgan fingerprint density at radius 3 is 2.43 bits per heavy atom. The van der Waals surface area contributed by atoms with Crippen molar-refractivity contribution in [1.82, 2.24) is 0 Å². The van der Waals surface area contributed by atoms with E-state index in [9.17, 15) is 5.11 Å². The topological polar surface area (TPSA) is 20.2 Å². The van der Waals surface area contributed by atoms with E-state index in [2.05, 4.69) is 45.6 Å². The molecule has 1 aliphatic rings. The maximum atomic E-state index is 10.4. The molecule has 0 unspecified atom stereocenters. The molecule has 1 rings (SSSR count). The average Bonchev–Trinajstić information content (AvgIpc) is 2.41. The molecule has 0 aromatic carbocycles. The molecular weight excluding hydrogens is 256 g/mol. The maximum Gasteiger partial charge on any atom is 0.0753 e. The zero-order valence-electron chi connectivity index (χ0n) is 14.3. The van der Waals surface area contributed by atoms with E-state index in [1.807, 2.05) is 6.92 Å². The molecule has 0 saturated heterocycles. The largest absolute Gasteiger partial charge is 0.389 e. The first-order valence-electron chi connectivity index (χ1n) is 8.21. The second kappa shape index (κ2) is 9.04. The lowest BCUT2D eigenvalue weighted by Gasteiger charge is -2.21. The summed E-state index contributed by atoms with van der Waals surface area (Å²) in [5.74, 6) is 0.409. The summed E-state index contributed by atoms with van der Waals surface area (Å²) in [6, 6.07) is 0. The quantitative estimate of drug-likeness (QED) is 0.611.